The molecule has 2 aliphatic carbocycles. The van der Waals surface area contributed by atoms with Crippen molar-refractivity contribution in [1.82, 2.24) is 0 Å². The van der Waals surface area contributed by atoms with E-state index in [2.05, 4.69) is 25.1 Å². The summed E-state index contributed by atoms with van der Waals surface area (Å²) in [6, 6.07) is 6.64. The lowest BCUT2D eigenvalue weighted by Crippen LogP contribution is -2.02. The highest BCUT2D eigenvalue weighted by Crippen LogP contribution is 2.23. The molecule has 1 aromatic carbocycles. The molecule has 2 bridgehead atoms. The zero-order valence-electron chi connectivity index (χ0n) is 4.94. The average molecular weight is 104 g/mol. The van der Waals surface area contributed by atoms with Crippen molar-refractivity contribution >= 4 is 0 Å². The Morgan fingerprint density at radius 1 is 1.38 bits per heavy atom. The first kappa shape index (κ1) is 4.13. The maximum absolute atomic E-state index is 2.26. The number of benzene rings is 1. The first-order chi connectivity index (χ1) is 3.86. The maximum Gasteiger partial charge on any atom is -0.00229 e. The largest absolute Gasteiger partial charge is 0.0588 e. The van der Waals surface area contributed by atoms with Gasteiger partial charge in [0.25, 0.3) is 0 Å². The molecule has 0 aliphatic heterocycles. The van der Waals surface area contributed by atoms with Gasteiger partial charge in [0, 0.05) is 0 Å². The molecule has 0 fully saturated rings. The van der Waals surface area contributed by atoms with Gasteiger partial charge in [-0.2, -0.15) is 0 Å². The summed E-state index contributed by atoms with van der Waals surface area (Å²) in [5.74, 6) is 0. The minimum atomic E-state index is 1.22. The average Bonchev–Trinajstić information content (AvgIpc) is 1.62. The minimum absolute atomic E-state index is 1.22. The SMILES string of the molecule is Cc1ccc2cc1C2. The monoisotopic (exact) mass is 104 g/mol. The van der Waals surface area contributed by atoms with Gasteiger partial charge in [-0.3, -0.25) is 0 Å². The molecule has 0 unspecified atom stereocenters. The summed E-state index contributed by atoms with van der Waals surface area (Å²) in [5, 5.41) is 0. The van der Waals surface area contributed by atoms with Crippen LogP contribution in [0.25, 0.3) is 0 Å². The third-order valence-corrected chi connectivity index (χ3v) is 1.81. The number of hydrogen-bond donors (Lipinski definition) is 0. The Kier molecular flexibility index (Phi) is 0.587. The highest BCUT2D eigenvalue weighted by Gasteiger charge is 2.08. The van der Waals surface area contributed by atoms with Gasteiger partial charge in [0.2, 0.25) is 0 Å². The Morgan fingerprint density at radius 2 is 2.12 bits per heavy atom. The molecule has 0 saturated heterocycles. The third-order valence-electron chi connectivity index (χ3n) is 1.81. The minimum Gasteiger partial charge on any atom is -0.0588 e. The zero-order valence-corrected chi connectivity index (χ0v) is 4.94. The summed E-state index contributed by atoms with van der Waals surface area (Å²) in [5.41, 5.74) is 4.47. The Hall–Kier alpha value is -0.780. The molecule has 1 aromatic rings. The molecule has 8 heavy (non-hydrogen) atoms. The zero-order chi connectivity index (χ0) is 5.56. The smallest absolute Gasteiger partial charge is 0.00229 e. The summed E-state index contributed by atoms with van der Waals surface area (Å²) < 4.78 is 0. The van der Waals surface area contributed by atoms with Crippen molar-refractivity contribution in [2.24, 2.45) is 0 Å². The van der Waals surface area contributed by atoms with Crippen LogP contribution in [-0.2, 0) is 6.42 Å². The number of fused-ring (bicyclic) bond motifs is 2. The molecular weight excluding hydrogens is 96.1 g/mol. The van der Waals surface area contributed by atoms with Crippen LogP contribution in [0.3, 0.4) is 0 Å². The van der Waals surface area contributed by atoms with Gasteiger partial charge in [0.05, 0.1) is 0 Å². The predicted octanol–water partition coefficient (Wildman–Crippen LogP) is 1.90. The van der Waals surface area contributed by atoms with E-state index in [1.807, 2.05) is 0 Å². The van der Waals surface area contributed by atoms with Crippen molar-refractivity contribution in [3.8, 4) is 0 Å². The van der Waals surface area contributed by atoms with E-state index in [1.165, 1.54) is 23.1 Å². The quantitative estimate of drug-likeness (QED) is 0.479. The molecule has 0 radical (unpaired) electrons. The van der Waals surface area contributed by atoms with Gasteiger partial charge in [-0.25, -0.2) is 0 Å². The van der Waals surface area contributed by atoms with Crippen molar-refractivity contribution in [2.45, 2.75) is 13.3 Å². The fraction of sp³-hybridized carbons (Fsp3) is 0.250. The van der Waals surface area contributed by atoms with Gasteiger partial charge in [0.15, 0.2) is 0 Å². The molecule has 0 spiro atoms. The second-order valence-corrected chi connectivity index (χ2v) is 2.44. The molecule has 0 atom stereocenters. The standard InChI is InChI=1S/C8H8/c1-6-2-3-7-4-8(6)5-7/h2-4H,5H2,1H3. The fourth-order valence-electron chi connectivity index (χ4n) is 1.11. The summed E-state index contributed by atoms with van der Waals surface area (Å²) in [6.07, 6.45) is 1.22. The predicted molar refractivity (Wildman–Crippen MR) is 34.0 cm³/mol. The van der Waals surface area contributed by atoms with E-state index >= 15 is 0 Å². The van der Waals surface area contributed by atoms with Gasteiger partial charge < -0.3 is 0 Å². The molecule has 0 heterocycles. The van der Waals surface area contributed by atoms with E-state index in [0.717, 1.165) is 0 Å². The number of hydrogen-bond acceptors (Lipinski definition) is 0. The van der Waals surface area contributed by atoms with Gasteiger partial charge in [-0.05, 0) is 30.0 Å². The fourth-order valence-corrected chi connectivity index (χ4v) is 1.11. The van der Waals surface area contributed by atoms with Crippen molar-refractivity contribution in [2.75, 3.05) is 0 Å². The Bertz CT molecular complexity index is 214. The Balaban J connectivity index is 2.72. The lowest BCUT2D eigenvalue weighted by atomic mass is 9.89. The second kappa shape index (κ2) is 1.13. The van der Waals surface area contributed by atoms with Crippen molar-refractivity contribution in [1.29, 1.82) is 0 Å². The van der Waals surface area contributed by atoms with Gasteiger partial charge in [0.1, 0.15) is 0 Å². The molecule has 0 nitrogen and oxygen atoms in total. The third kappa shape index (κ3) is 0.353. The molecule has 0 N–H and O–H groups in total. The molecule has 3 rings (SSSR count). The van der Waals surface area contributed by atoms with Gasteiger partial charge >= 0.3 is 0 Å². The van der Waals surface area contributed by atoms with Crippen LogP contribution in [0.15, 0.2) is 18.2 Å². The molecule has 2 aliphatic rings. The van der Waals surface area contributed by atoms with E-state index < -0.39 is 0 Å². The number of aryl methyl sites for hydroxylation is 1. The summed E-state index contributed by atoms with van der Waals surface area (Å²) in [6.45, 7) is 2.16. The van der Waals surface area contributed by atoms with E-state index in [4.69, 9.17) is 0 Å². The summed E-state index contributed by atoms with van der Waals surface area (Å²) >= 11 is 0. The topological polar surface area (TPSA) is 0 Å². The molecule has 0 heteroatoms. The molecule has 0 aromatic heterocycles. The first-order valence-electron chi connectivity index (χ1n) is 2.95. The van der Waals surface area contributed by atoms with Gasteiger partial charge in [-0.15, -0.1) is 0 Å². The van der Waals surface area contributed by atoms with E-state index in [9.17, 15) is 0 Å². The van der Waals surface area contributed by atoms with Crippen molar-refractivity contribution < 1.29 is 0 Å². The van der Waals surface area contributed by atoms with Crippen LogP contribution in [0.4, 0.5) is 0 Å². The maximum atomic E-state index is 2.26. The highest BCUT2D eigenvalue weighted by atomic mass is 14.1. The van der Waals surface area contributed by atoms with Crippen LogP contribution < -0.4 is 0 Å². The van der Waals surface area contributed by atoms with Crippen LogP contribution in [0.1, 0.15) is 16.7 Å². The number of rotatable bonds is 0. The van der Waals surface area contributed by atoms with Gasteiger partial charge in [-0.1, -0.05) is 18.2 Å². The first-order valence-corrected chi connectivity index (χ1v) is 2.95. The Morgan fingerprint density at radius 3 is 2.38 bits per heavy atom. The summed E-state index contributed by atoms with van der Waals surface area (Å²) in [4.78, 5) is 0. The highest BCUT2D eigenvalue weighted by molar-refractivity contribution is 5.42. The van der Waals surface area contributed by atoms with Crippen molar-refractivity contribution in [3.05, 3.63) is 34.9 Å². The molecule has 0 amide bonds. The lowest BCUT2D eigenvalue weighted by Gasteiger charge is -2.16. The van der Waals surface area contributed by atoms with Crippen molar-refractivity contribution in [3.63, 3.8) is 0 Å². The second-order valence-electron chi connectivity index (χ2n) is 2.44. The van der Waals surface area contributed by atoms with Crippen LogP contribution in [-0.4, -0.2) is 0 Å². The normalized spacial score (nSPS) is 13.1. The summed E-state index contributed by atoms with van der Waals surface area (Å²) in [7, 11) is 0. The van der Waals surface area contributed by atoms with Crippen LogP contribution in [0.2, 0.25) is 0 Å². The molecule has 40 valence electrons. The Labute approximate surface area is 49.2 Å². The van der Waals surface area contributed by atoms with Crippen LogP contribution in [0.5, 0.6) is 0 Å². The molecule has 0 saturated carbocycles. The van der Waals surface area contributed by atoms with E-state index in [0.29, 0.717) is 0 Å². The van der Waals surface area contributed by atoms with E-state index in [-0.39, 0.29) is 0 Å². The van der Waals surface area contributed by atoms with Crippen LogP contribution in [0, 0.1) is 6.92 Å². The van der Waals surface area contributed by atoms with E-state index in [1.54, 1.807) is 0 Å². The molecular formula is C8H8. The van der Waals surface area contributed by atoms with Crippen LogP contribution >= 0.6 is 0 Å². The lowest BCUT2D eigenvalue weighted by molar-refractivity contribution is 1.06.